The van der Waals surface area contributed by atoms with Crippen molar-refractivity contribution in [1.82, 2.24) is 4.98 Å². The van der Waals surface area contributed by atoms with Crippen LogP contribution in [0.4, 0.5) is 8.78 Å². The number of carboxylic acid groups (broad SMARTS) is 1. The molecule has 3 N–H and O–H groups in total. The lowest BCUT2D eigenvalue weighted by Gasteiger charge is -2.12. The van der Waals surface area contributed by atoms with E-state index in [9.17, 15) is 23.9 Å². The van der Waals surface area contributed by atoms with Crippen molar-refractivity contribution < 1.29 is 23.4 Å². The van der Waals surface area contributed by atoms with Crippen LogP contribution in [0.25, 0.3) is 22.4 Å². The van der Waals surface area contributed by atoms with Gasteiger partial charge >= 0.3 is 5.97 Å². The topological polar surface area (TPSA) is 109 Å². The molecule has 1 heterocycles. The van der Waals surface area contributed by atoms with Crippen LogP contribution in [0, 0.1) is 23.0 Å². The van der Waals surface area contributed by atoms with Gasteiger partial charge in [-0.25, -0.2) is 18.6 Å². The number of nitriles is 1. The van der Waals surface area contributed by atoms with E-state index in [1.54, 1.807) is 12.1 Å². The van der Waals surface area contributed by atoms with Gasteiger partial charge in [-0.1, -0.05) is 36.4 Å². The molecule has 3 aromatic carbocycles. The normalized spacial score (nSPS) is 10.2. The fraction of sp³-hybridized carbons (Fsp3) is 0.0385. The summed E-state index contributed by atoms with van der Waals surface area (Å²) in [5.41, 5.74) is 7.66. The van der Waals surface area contributed by atoms with Crippen molar-refractivity contribution >= 4 is 18.4 Å². The second-order valence-corrected chi connectivity index (χ2v) is 7.32. The number of hydrogen-bond donors (Lipinski definition) is 2. The standard InChI is InChI=1S/C26H17F2N3O3.ClH/c27-22-12-23(28)25(31-24(22)20-6-1-2-7-21(20)26(32)33)34-19-10-16(14-30)9-18(11-19)17-5-3-4-15(8-17)13-29;/h1-12H,13,29H2,(H,32,33);1H. The summed E-state index contributed by atoms with van der Waals surface area (Å²) in [4.78, 5) is 15.5. The van der Waals surface area contributed by atoms with E-state index in [0.29, 0.717) is 18.2 Å². The van der Waals surface area contributed by atoms with Gasteiger partial charge in [0.2, 0.25) is 0 Å². The maximum absolute atomic E-state index is 14.6. The zero-order chi connectivity index (χ0) is 24.2. The summed E-state index contributed by atoms with van der Waals surface area (Å²) in [5.74, 6) is -3.86. The number of pyridine rings is 1. The molecule has 176 valence electrons. The summed E-state index contributed by atoms with van der Waals surface area (Å²) in [6.07, 6.45) is 0. The third-order valence-corrected chi connectivity index (χ3v) is 5.06. The highest BCUT2D eigenvalue weighted by atomic mass is 35.5. The molecule has 0 atom stereocenters. The van der Waals surface area contributed by atoms with Crippen LogP contribution in [-0.2, 0) is 6.54 Å². The molecule has 0 fully saturated rings. The van der Waals surface area contributed by atoms with Crippen LogP contribution in [-0.4, -0.2) is 16.1 Å². The molecule has 9 heteroatoms. The van der Waals surface area contributed by atoms with Gasteiger partial charge < -0.3 is 15.6 Å². The minimum Gasteiger partial charge on any atom is -0.478 e. The highest BCUT2D eigenvalue weighted by Crippen LogP contribution is 2.33. The summed E-state index contributed by atoms with van der Waals surface area (Å²) in [7, 11) is 0. The fourth-order valence-electron chi connectivity index (χ4n) is 3.46. The summed E-state index contributed by atoms with van der Waals surface area (Å²) >= 11 is 0. The Labute approximate surface area is 205 Å². The zero-order valence-electron chi connectivity index (χ0n) is 18.0. The van der Waals surface area contributed by atoms with Crippen molar-refractivity contribution in [3.05, 3.63) is 101 Å². The molecule has 0 aliphatic rings. The summed E-state index contributed by atoms with van der Waals surface area (Å²) in [5, 5.41) is 18.9. The summed E-state index contributed by atoms with van der Waals surface area (Å²) in [6, 6.07) is 20.3. The van der Waals surface area contributed by atoms with Gasteiger partial charge in [0.25, 0.3) is 5.88 Å². The number of hydrogen-bond acceptors (Lipinski definition) is 5. The molecule has 4 aromatic rings. The molecule has 0 aliphatic heterocycles. The first kappa shape index (κ1) is 25.3. The van der Waals surface area contributed by atoms with E-state index in [0.717, 1.165) is 11.1 Å². The first-order valence-corrected chi connectivity index (χ1v) is 10.1. The van der Waals surface area contributed by atoms with E-state index in [2.05, 4.69) is 4.98 Å². The first-order chi connectivity index (χ1) is 16.4. The Morgan fingerprint density at radius 2 is 1.77 bits per heavy atom. The molecule has 0 saturated carbocycles. The number of carbonyl (C=O) groups is 1. The number of carboxylic acids is 1. The molecule has 0 spiro atoms. The second kappa shape index (κ2) is 10.7. The van der Waals surface area contributed by atoms with Crippen LogP contribution in [0.1, 0.15) is 21.5 Å². The minimum atomic E-state index is -1.28. The first-order valence-electron chi connectivity index (χ1n) is 10.1. The van der Waals surface area contributed by atoms with Crippen molar-refractivity contribution in [1.29, 1.82) is 5.26 Å². The molecule has 6 nitrogen and oxygen atoms in total. The number of nitrogens with zero attached hydrogens (tertiary/aromatic N) is 2. The van der Waals surface area contributed by atoms with Crippen molar-refractivity contribution in [3.63, 3.8) is 0 Å². The zero-order valence-corrected chi connectivity index (χ0v) is 18.9. The van der Waals surface area contributed by atoms with E-state index in [1.165, 1.54) is 30.3 Å². The Balaban J connectivity index is 0.00000342. The Kier molecular flexibility index (Phi) is 7.76. The van der Waals surface area contributed by atoms with Crippen LogP contribution in [0.5, 0.6) is 11.6 Å². The lowest BCUT2D eigenvalue weighted by Crippen LogP contribution is -2.03. The van der Waals surface area contributed by atoms with Gasteiger partial charge in [0, 0.05) is 18.2 Å². The third-order valence-electron chi connectivity index (χ3n) is 5.06. The molecule has 4 rings (SSSR count). The predicted octanol–water partition coefficient (Wildman–Crippen LogP) is 5.94. The maximum atomic E-state index is 14.6. The van der Waals surface area contributed by atoms with E-state index < -0.39 is 23.5 Å². The number of rotatable bonds is 6. The van der Waals surface area contributed by atoms with E-state index >= 15 is 0 Å². The van der Waals surface area contributed by atoms with Gasteiger partial charge in [-0.2, -0.15) is 5.26 Å². The smallest absolute Gasteiger partial charge is 0.336 e. The number of benzene rings is 3. The molecule has 0 unspecified atom stereocenters. The molecular weight excluding hydrogens is 476 g/mol. The SMILES string of the molecule is Cl.N#Cc1cc(Oc2nc(-c3ccccc3C(=O)O)c(F)cc2F)cc(-c2cccc(CN)c2)c1. The van der Waals surface area contributed by atoms with Gasteiger partial charge in [-0.3, -0.25) is 0 Å². The Hall–Kier alpha value is -4.32. The fourth-order valence-corrected chi connectivity index (χ4v) is 3.46. The van der Waals surface area contributed by atoms with Gasteiger partial charge in [0.15, 0.2) is 11.6 Å². The van der Waals surface area contributed by atoms with Gasteiger partial charge in [0.05, 0.1) is 17.2 Å². The summed E-state index contributed by atoms with van der Waals surface area (Å²) < 4.78 is 34.8. The van der Waals surface area contributed by atoms with Crippen molar-refractivity contribution in [3.8, 4) is 40.1 Å². The highest BCUT2D eigenvalue weighted by Gasteiger charge is 2.20. The van der Waals surface area contributed by atoms with Gasteiger partial charge in [0.1, 0.15) is 11.4 Å². The number of aromatic nitrogens is 1. The largest absolute Gasteiger partial charge is 0.478 e. The molecule has 0 aliphatic carbocycles. The monoisotopic (exact) mass is 493 g/mol. The number of halogens is 3. The van der Waals surface area contributed by atoms with Gasteiger partial charge in [-0.15, -0.1) is 12.4 Å². The average molecular weight is 494 g/mol. The molecule has 0 saturated heterocycles. The van der Waals surface area contributed by atoms with Crippen LogP contribution in [0.15, 0.2) is 72.8 Å². The summed E-state index contributed by atoms with van der Waals surface area (Å²) in [6.45, 7) is 0.334. The minimum absolute atomic E-state index is 0. The highest BCUT2D eigenvalue weighted by molar-refractivity contribution is 5.95. The third kappa shape index (κ3) is 5.44. The molecule has 35 heavy (non-hydrogen) atoms. The second-order valence-electron chi connectivity index (χ2n) is 7.32. The number of aromatic carboxylic acids is 1. The van der Waals surface area contributed by atoms with Crippen molar-refractivity contribution in [2.45, 2.75) is 6.54 Å². The maximum Gasteiger partial charge on any atom is 0.336 e. The number of ether oxygens (including phenoxy) is 1. The van der Waals surface area contributed by atoms with E-state index in [1.807, 2.05) is 30.3 Å². The Morgan fingerprint density at radius 1 is 1.00 bits per heavy atom. The Bertz CT molecular complexity index is 1450. The van der Waals surface area contributed by atoms with Crippen molar-refractivity contribution in [2.24, 2.45) is 5.73 Å². The lowest BCUT2D eigenvalue weighted by molar-refractivity contribution is 0.0697. The molecular formula is C26H18ClF2N3O3. The van der Waals surface area contributed by atoms with Crippen LogP contribution < -0.4 is 10.5 Å². The van der Waals surface area contributed by atoms with Crippen LogP contribution in [0.2, 0.25) is 0 Å². The molecule has 0 radical (unpaired) electrons. The lowest BCUT2D eigenvalue weighted by atomic mass is 10.0. The number of nitrogens with two attached hydrogens (primary N) is 1. The Morgan fingerprint density at radius 3 is 2.49 bits per heavy atom. The molecule has 1 aromatic heterocycles. The van der Waals surface area contributed by atoms with Crippen molar-refractivity contribution in [2.75, 3.05) is 0 Å². The molecule has 0 amide bonds. The van der Waals surface area contributed by atoms with Crippen LogP contribution in [0.3, 0.4) is 0 Å². The van der Waals surface area contributed by atoms with E-state index in [4.69, 9.17) is 10.5 Å². The quantitative estimate of drug-likeness (QED) is 0.344. The average Bonchev–Trinajstić information content (AvgIpc) is 2.85. The van der Waals surface area contributed by atoms with Gasteiger partial charge in [-0.05, 0) is 47.0 Å². The predicted molar refractivity (Wildman–Crippen MR) is 128 cm³/mol. The van der Waals surface area contributed by atoms with E-state index in [-0.39, 0.29) is 40.5 Å². The van der Waals surface area contributed by atoms with Crippen LogP contribution >= 0.6 is 12.4 Å². The molecule has 0 bridgehead atoms.